The highest BCUT2D eigenvalue weighted by Crippen LogP contribution is 2.34. The Morgan fingerprint density at radius 1 is 0.819 bits per heavy atom. The van der Waals surface area contributed by atoms with E-state index < -0.39 is 5.60 Å². The molecule has 0 aliphatic heterocycles. The van der Waals surface area contributed by atoms with Crippen LogP contribution in [0.3, 0.4) is 0 Å². The Kier molecular flexibility index (Phi) is 34.2. The molecule has 0 atom stereocenters. The van der Waals surface area contributed by atoms with Crippen molar-refractivity contribution in [1.82, 2.24) is 15.0 Å². The number of aryl methyl sites for hydroxylation is 1. The predicted octanol–water partition coefficient (Wildman–Crippen LogP) is 18.0. The standard InChI is InChI=1S/C29H41N3O.C16H22O.C8H18O2.C8H12.2C2H6/c1-9-33-17-16-29(7,8)20-21(2)14-15-23-18-24(28(4,5)6)22(3)27(19-23)32-30-25-12-10-11-13-26(25)31-32;1-12-10-14(7-6-13(2)17)8-9-15(11-12)16(3,4)5;1-7(2)10-6-5-8(3,4)9;1-4-5-6-7-8(2)3;2*1-2/h10-13,18-19H,2,9,14-17,20H2,1,3-8H3;9-11H,6-7H2,1-5H3;7,9H,5-6H2,1-4H3;4-7H,2H2,1,3H3;2*1-2H3/b;;;5-4-,7-6-;;. The summed E-state index contributed by atoms with van der Waals surface area (Å²) in [5.74, 6) is 0.235. The molecule has 0 radical (unpaired) electrons. The Morgan fingerprint density at radius 3 is 1.88 bits per heavy atom. The minimum Gasteiger partial charge on any atom is -0.390 e. The van der Waals surface area contributed by atoms with E-state index in [1.165, 1.54) is 33.4 Å². The van der Waals surface area contributed by atoms with Crippen LogP contribution in [-0.4, -0.2) is 57.4 Å². The summed E-state index contributed by atoms with van der Waals surface area (Å²) in [6.45, 7) is 55.9. The molecular weight excluding hydrogens is 887 g/mol. The van der Waals surface area contributed by atoms with Gasteiger partial charge in [0.1, 0.15) is 16.8 Å². The van der Waals surface area contributed by atoms with Crippen molar-refractivity contribution in [2.45, 2.75) is 214 Å². The zero-order valence-electron chi connectivity index (χ0n) is 50.1. The Bertz CT molecular complexity index is 2210. The summed E-state index contributed by atoms with van der Waals surface area (Å²) in [7, 11) is 0. The lowest BCUT2D eigenvalue weighted by Crippen LogP contribution is -2.21. The largest absolute Gasteiger partial charge is 0.390 e. The monoisotopic (exact) mass is 992 g/mol. The third-order valence-corrected chi connectivity index (χ3v) is 11.0. The van der Waals surface area contributed by atoms with Gasteiger partial charge in [-0.25, -0.2) is 0 Å². The molecule has 0 amide bonds. The Morgan fingerprint density at radius 2 is 1.40 bits per heavy atom. The van der Waals surface area contributed by atoms with E-state index in [-0.39, 0.29) is 28.1 Å². The van der Waals surface area contributed by atoms with Gasteiger partial charge in [0.15, 0.2) is 0 Å². The highest BCUT2D eigenvalue weighted by atomic mass is 16.5. The molecule has 3 aromatic rings. The third kappa shape index (κ3) is 31.7. The van der Waals surface area contributed by atoms with Gasteiger partial charge in [0.05, 0.1) is 17.4 Å². The maximum Gasteiger partial charge on any atom is 0.130 e. The molecule has 0 unspecified atom stereocenters. The first-order valence-electron chi connectivity index (χ1n) is 26.8. The van der Waals surface area contributed by atoms with Crippen molar-refractivity contribution >= 4 is 16.8 Å². The molecule has 0 bridgehead atoms. The number of carbonyl (C=O) groups excluding carboxylic acids is 1. The van der Waals surface area contributed by atoms with E-state index in [0.717, 1.165) is 73.2 Å². The molecule has 0 fully saturated rings. The fourth-order valence-electron chi connectivity index (χ4n) is 7.10. The lowest BCUT2D eigenvalue weighted by Gasteiger charge is -2.26. The molecule has 72 heavy (non-hydrogen) atoms. The number of aliphatic hydroxyl groups is 1. The number of nitrogens with zero attached hydrogens (tertiary/aromatic N) is 3. The fourth-order valence-corrected chi connectivity index (χ4v) is 7.10. The van der Waals surface area contributed by atoms with Crippen molar-refractivity contribution in [3.8, 4) is 5.69 Å². The number of hydrogen-bond acceptors (Lipinski definition) is 6. The Balaban J connectivity index is 0. The van der Waals surface area contributed by atoms with Crippen LogP contribution in [0.5, 0.6) is 0 Å². The summed E-state index contributed by atoms with van der Waals surface area (Å²) in [6.07, 6.45) is 20.7. The van der Waals surface area contributed by atoms with Crippen LogP contribution in [0.25, 0.3) is 16.7 Å². The fraction of sp³-hybridized carbons (Fsp3) is 0.569. The molecule has 1 aromatic heterocycles. The van der Waals surface area contributed by atoms with Crippen LogP contribution >= 0.6 is 0 Å². The van der Waals surface area contributed by atoms with Crippen LogP contribution < -0.4 is 0 Å². The number of aromatic nitrogens is 3. The number of carbonyl (C=O) groups is 1. The SMILES string of the molecule is C=C(C)/C=C\C=C/C.C=C(CCc1cc(-n2nc3ccccc3n2)c(C)c(C(C)(C)C)c1)CC(C)(C)CCOCC.CC.CC.CC(=O)CCC1=C=CC(C(C)(C)C)=CC(C)=C1.CC(C)OCCC(C)(C)O. The molecule has 1 N–H and O–H groups in total. The summed E-state index contributed by atoms with van der Waals surface area (Å²) in [6, 6.07) is 12.7. The molecule has 2 aromatic carbocycles. The second kappa shape index (κ2) is 35.5. The normalized spacial score (nSPS) is 12.6. The molecule has 7 heteroatoms. The maximum absolute atomic E-state index is 11.0. The summed E-state index contributed by atoms with van der Waals surface area (Å²) >= 11 is 0. The molecule has 0 spiro atoms. The number of ketones is 1. The Labute approximate surface area is 442 Å². The smallest absolute Gasteiger partial charge is 0.130 e. The molecule has 0 saturated carbocycles. The van der Waals surface area contributed by atoms with E-state index in [2.05, 4.69) is 125 Å². The third-order valence-electron chi connectivity index (χ3n) is 11.0. The minimum absolute atomic E-state index is 0.0414. The molecule has 1 aliphatic carbocycles. The lowest BCUT2D eigenvalue weighted by atomic mass is 9.80. The van der Waals surface area contributed by atoms with Crippen LogP contribution in [-0.2, 0) is 26.1 Å². The quantitative estimate of drug-likeness (QED) is 0.0557. The van der Waals surface area contributed by atoms with Gasteiger partial charge in [0.2, 0.25) is 0 Å². The molecular formula is C65H105N3O4. The number of allylic oxidation sites excluding steroid dienone is 11. The first-order valence-corrected chi connectivity index (χ1v) is 26.8. The van der Waals surface area contributed by atoms with Crippen LogP contribution in [0, 0.1) is 17.8 Å². The second-order valence-electron chi connectivity index (χ2n) is 22.0. The van der Waals surface area contributed by atoms with Gasteiger partial charge in [0.25, 0.3) is 0 Å². The van der Waals surface area contributed by atoms with Crippen molar-refractivity contribution in [1.29, 1.82) is 0 Å². The van der Waals surface area contributed by atoms with Gasteiger partial charge in [-0.2, -0.15) is 4.80 Å². The van der Waals surface area contributed by atoms with E-state index in [0.29, 0.717) is 19.4 Å². The van der Waals surface area contributed by atoms with Gasteiger partial charge < -0.3 is 19.4 Å². The number of fused-ring (bicyclic) bond motifs is 1. The first kappa shape index (κ1) is 69.4. The van der Waals surface area contributed by atoms with Crippen molar-refractivity contribution in [3.63, 3.8) is 0 Å². The topological polar surface area (TPSA) is 86.5 Å². The van der Waals surface area contributed by atoms with E-state index in [9.17, 15) is 9.90 Å². The highest BCUT2D eigenvalue weighted by Gasteiger charge is 2.23. The van der Waals surface area contributed by atoms with Gasteiger partial charge in [-0.1, -0.05) is 156 Å². The van der Waals surface area contributed by atoms with E-state index in [1.807, 2.05) is 109 Å². The van der Waals surface area contributed by atoms with Crippen LogP contribution in [0.1, 0.15) is 201 Å². The Hall–Kier alpha value is -4.65. The molecule has 1 aliphatic rings. The van der Waals surface area contributed by atoms with Gasteiger partial charge in [-0.05, 0) is 188 Å². The predicted molar refractivity (Wildman–Crippen MR) is 316 cm³/mol. The van der Waals surface area contributed by atoms with Gasteiger partial charge in [-0.15, -0.1) is 15.9 Å². The van der Waals surface area contributed by atoms with Gasteiger partial charge in [0, 0.05) is 26.2 Å². The molecule has 7 nitrogen and oxygen atoms in total. The zero-order chi connectivity index (χ0) is 55.9. The summed E-state index contributed by atoms with van der Waals surface area (Å²) < 4.78 is 10.8. The highest BCUT2D eigenvalue weighted by molar-refractivity contribution is 5.76. The lowest BCUT2D eigenvalue weighted by molar-refractivity contribution is -0.116. The van der Waals surface area contributed by atoms with Crippen molar-refractivity contribution in [2.24, 2.45) is 10.8 Å². The molecule has 4 rings (SSSR count). The van der Waals surface area contributed by atoms with E-state index >= 15 is 0 Å². The molecule has 1 heterocycles. The number of ether oxygens (including phenoxy) is 2. The second-order valence-corrected chi connectivity index (χ2v) is 22.0. The molecule has 404 valence electrons. The van der Waals surface area contributed by atoms with Crippen molar-refractivity contribution in [3.05, 3.63) is 142 Å². The van der Waals surface area contributed by atoms with Crippen molar-refractivity contribution < 1.29 is 19.4 Å². The summed E-state index contributed by atoms with van der Waals surface area (Å²) in [5, 5.41) is 18.8. The number of rotatable bonds is 19. The summed E-state index contributed by atoms with van der Waals surface area (Å²) in [5.41, 5.74) is 15.9. The zero-order valence-corrected chi connectivity index (χ0v) is 50.1. The average molecular weight is 993 g/mol. The van der Waals surface area contributed by atoms with Crippen LogP contribution in [0.2, 0.25) is 0 Å². The average Bonchev–Trinajstić information content (AvgIpc) is 3.61. The number of hydrogen-bond donors (Lipinski definition) is 1. The minimum atomic E-state index is -0.588. The van der Waals surface area contributed by atoms with Gasteiger partial charge >= 0.3 is 0 Å². The van der Waals surface area contributed by atoms with E-state index in [4.69, 9.17) is 19.7 Å². The first-order chi connectivity index (χ1) is 33.5. The maximum atomic E-state index is 11.0. The van der Waals surface area contributed by atoms with Crippen LogP contribution in [0.15, 0.2) is 126 Å². The molecule has 0 saturated heterocycles. The van der Waals surface area contributed by atoms with Gasteiger partial charge in [-0.3, -0.25) is 0 Å². The van der Waals surface area contributed by atoms with Crippen molar-refractivity contribution in [2.75, 3.05) is 19.8 Å². The van der Waals surface area contributed by atoms with E-state index in [1.54, 1.807) is 20.8 Å². The number of Topliss-reactive ketones (excluding diaryl/α,β-unsaturated/α-hetero) is 1. The number of benzene rings is 2. The van der Waals surface area contributed by atoms with Crippen LogP contribution in [0.4, 0.5) is 0 Å². The summed E-state index contributed by atoms with van der Waals surface area (Å²) in [4.78, 5) is 12.8.